The molecule has 0 saturated heterocycles. The summed E-state index contributed by atoms with van der Waals surface area (Å²) in [5, 5.41) is 141. The minimum Gasteiger partial charge on any atom is -2.00 e. The Kier molecular flexibility index (Phi) is 120. The molecule has 0 amide bonds. The number of aromatic nitrogens is 2. The van der Waals surface area contributed by atoms with E-state index in [0.717, 1.165) is 0 Å². The summed E-state index contributed by atoms with van der Waals surface area (Å²) >= 11 is 0. The van der Waals surface area contributed by atoms with E-state index < -0.39 is 137 Å². The molecule has 0 bridgehead atoms. The fourth-order valence-corrected chi connectivity index (χ4v) is 0.928. The third kappa shape index (κ3) is 154. The number of carbonyl (C=O) groups excluding carboxylic acids is 12. The van der Waals surface area contributed by atoms with E-state index in [4.69, 9.17) is 10.5 Å². The molecule has 114 heavy (non-hydrogen) atoms. The Balaban J connectivity index is -0.0000000372. The number of hydrogen-bond donors (Lipinski definition) is 0. The van der Waals surface area contributed by atoms with E-state index in [2.05, 4.69) is 20.2 Å². The molecular formula is C74H128Fe4N6Ni2O28+2. The summed E-state index contributed by atoms with van der Waals surface area (Å²) in [6.07, 6.45) is 3.35. The molecule has 0 saturated carbocycles. The number of carboxylic acids is 12. The van der Waals surface area contributed by atoms with Gasteiger partial charge in [0, 0.05) is 163 Å². The van der Waals surface area contributed by atoms with Gasteiger partial charge >= 0.3 is 101 Å². The van der Waals surface area contributed by atoms with Gasteiger partial charge in [-0.05, 0) is 24.3 Å². The average Bonchev–Trinajstić information content (AvgIpc) is 3.40. The molecule has 0 aliphatic rings. The molecule has 0 fully saturated rings. The fourth-order valence-electron chi connectivity index (χ4n) is 0.928. The number of carbonyl (C=O) groups is 12. The fraction of sp³-hybridized carbons (Fsp3) is 0.676. The summed E-state index contributed by atoms with van der Waals surface area (Å²) in [7, 11) is 0. The minimum absolute atomic E-state index is 0. The minimum atomic E-state index is -1.01. The van der Waals surface area contributed by atoms with E-state index in [1.54, 1.807) is 286 Å². The summed E-state index contributed by atoms with van der Waals surface area (Å²) in [6, 6.07) is 14.5. The number of pyridine rings is 2. The summed E-state index contributed by atoms with van der Waals surface area (Å²) in [5.41, 5.74) is -8.33. The zero-order valence-corrected chi connectivity index (χ0v) is 79.5. The van der Waals surface area contributed by atoms with Crippen molar-refractivity contribution in [2.24, 2.45) is 75.2 Å². The summed E-state index contributed by atoms with van der Waals surface area (Å²) < 4.78 is 0. The van der Waals surface area contributed by atoms with Crippen molar-refractivity contribution in [1.82, 2.24) is 9.97 Å². The van der Waals surface area contributed by atoms with Crippen molar-refractivity contribution in [1.29, 1.82) is 10.5 Å². The van der Waals surface area contributed by atoms with Gasteiger partial charge in [-0.3, -0.25) is 0 Å². The quantitative estimate of drug-likeness (QED) is 0.203. The van der Waals surface area contributed by atoms with Crippen LogP contribution in [0, 0.1) is 87.6 Å². The first-order chi connectivity index (χ1) is 45.1. The average molecular weight is 1890 g/mol. The largest absolute Gasteiger partial charge is 3.00 e. The standard InChI is InChI=1S/C10H8N4.12C5H10O2.2C2H3N.4Fe.2Ni.2H2O.2O/c1-3-7-11-9(5-1)13-14-10-6-2-4-8-12-10;12*1-5(2,3)4(6)7;2*1-2-3;;;;;;;;;;/h1-8H;12*1-3H3,(H,6,7);2*1H3;;;;;;;2*1H2;;/q;;;;;;;;;;;;;;;2*+2;4*+3;;;2*-2/p-10/b14-13+;;;;;;;;;;;;;;;;;;;;;;;;. The molecule has 40 heteroatoms. The number of nitriles is 2. The second kappa shape index (κ2) is 80.2. The summed E-state index contributed by atoms with van der Waals surface area (Å²) in [4.78, 5) is 127. The van der Waals surface area contributed by atoms with Gasteiger partial charge in [0.25, 0.3) is 0 Å². The van der Waals surface area contributed by atoms with E-state index in [-0.39, 0.29) is 123 Å². The molecule has 2 aromatic heterocycles. The van der Waals surface area contributed by atoms with Crippen molar-refractivity contribution in [2.45, 2.75) is 263 Å². The van der Waals surface area contributed by atoms with Gasteiger partial charge in [-0.15, -0.1) is 10.2 Å². The Hall–Kier alpha value is -6.58. The number of rotatable bonds is 2. The normalized spacial score (nSPS) is 9.75. The molecule has 4 radical (unpaired) electrons. The Morgan fingerprint density at radius 2 is 0.333 bits per heavy atom. The van der Waals surface area contributed by atoms with Gasteiger partial charge in [-0.1, -0.05) is 261 Å². The van der Waals surface area contributed by atoms with Crippen LogP contribution in [-0.4, -0.2) is 81.6 Å². The van der Waals surface area contributed by atoms with E-state index in [0.29, 0.717) is 11.6 Å². The third-order valence-electron chi connectivity index (χ3n) is 8.90. The SMILES string of the molecule is CC#N.CC#N.CC(C)(C)C(=O)[O-].CC(C)(C)C(=O)[O-].CC(C)(C)C(=O)[O-].CC(C)(C)C(=O)[O-].CC(C)(C)C(=O)[O-].CC(C)(C)C(=O)[O-].CC(C)(C)C(=O)[O-].CC(C)(C)C(=O)[O-].CC(C)(C)C(=O)[O-].CC(C)(C)C(=O)[O-].CC(C)(C)C(=O)[O-].CC(C)(C)C(=O)[O-].[Fe+2].[Fe+2].[Fe+3].[Fe+3].[Ni+3].[Ni+3].[O-2].[O-2].[OH3+].[OH3+].c1ccc(/N=N/c2ccccn2)nc1. The molecule has 0 spiro atoms. The van der Waals surface area contributed by atoms with Crippen LogP contribution in [0.1, 0.15) is 263 Å². The van der Waals surface area contributed by atoms with E-state index in [1.165, 1.54) is 13.8 Å². The third-order valence-corrected chi connectivity index (χ3v) is 8.90. The van der Waals surface area contributed by atoms with Crippen LogP contribution in [0.5, 0.6) is 0 Å². The molecule has 0 aliphatic carbocycles. The smallest absolute Gasteiger partial charge is 2.00 e. The molecule has 672 valence electrons. The first-order valence-corrected chi connectivity index (χ1v) is 31.5. The van der Waals surface area contributed by atoms with Gasteiger partial charge in [0.15, 0.2) is 11.6 Å². The Morgan fingerprint density at radius 3 is 0.377 bits per heavy atom. The Bertz CT molecular complexity index is 2380. The van der Waals surface area contributed by atoms with Gasteiger partial charge in [0.05, 0.1) is 12.1 Å². The molecule has 2 aromatic rings. The number of azo groups is 1. The predicted octanol–water partition coefficient (Wildman–Crippen LogP) is -0.756. The van der Waals surface area contributed by atoms with Crippen LogP contribution in [0.25, 0.3) is 0 Å². The molecule has 0 unspecified atom stereocenters. The van der Waals surface area contributed by atoms with Gasteiger partial charge in [0.1, 0.15) is 0 Å². The van der Waals surface area contributed by atoms with E-state index in [1.807, 2.05) is 24.3 Å². The first-order valence-electron chi connectivity index (χ1n) is 31.5. The second-order valence-corrected chi connectivity index (χ2v) is 33.5. The Labute approximate surface area is 739 Å². The zero-order chi connectivity index (χ0) is 88.0. The van der Waals surface area contributed by atoms with Crippen LogP contribution in [0.15, 0.2) is 59.0 Å². The van der Waals surface area contributed by atoms with Crippen LogP contribution in [0.2, 0.25) is 0 Å². The van der Waals surface area contributed by atoms with E-state index >= 15 is 0 Å². The van der Waals surface area contributed by atoms with Gasteiger partial charge in [-0.25, -0.2) is 9.97 Å². The van der Waals surface area contributed by atoms with Crippen molar-refractivity contribution in [3.05, 3.63) is 48.8 Å². The van der Waals surface area contributed by atoms with Crippen LogP contribution < -0.4 is 61.3 Å². The van der Waals surface area contributed by atoms with E-state index in [9.17, 15) is 119 Å². The van der Waals surface area contributed by atoms with Crippen molar-refractivity contribution < 1.29 is 242 Å². The maximum atomic E-state index is 9.91. The van der Waals surface area contributed by atoms with Crippen LogP contribution in [-0.2, 0) is 181 Å². The van der Waals surface area contributed by atoms with Crippen molar-refractivity contribution in [3.8, 4) is 12.1 Å². The van der Waals surface area contributed by atoms with Gasteiger partial charge in [0.2, 0.25) is 0 Å². The summed E-state index contributed by atoms with van der Waals surface area (Å²) in [5.74, 6) is -10.9. The molecule has 0 atom stereocenters. The molecule has 34 nitrogen and oxygen atoms in total. The number of aliphatic carboxylic acids is 12. The van der Waals surface area contributed by atoms with Crippen molar-refractivity contribution >= 4 is 83.3 Å². The molecule has 0 aliphatic heterocycles. The maximum absolute atomic E-state index is 9.91. The Morgan fingerprint density at radius 1 is 0.263 bits per heavy atom. The predicted molar refractivity (Wildman–Crippen MR) is 380 cm³/mol. The second-order valence-electron chi connectivity index (χ2n) is 33.5. The van der Waals surface area contributed by atoms with Crippen LogP contribution >= 0.6 is 0 Å². The first kappa shape index (κ1) is 171. The van der Waals surface area contributed by atoms with Crippen LogP contribution in [0.3, 0.4) is 0 Å². The van der Waals surface area contributed by atoms with Gasteiger partial charge in [-0.2, -0.15) is 10.5 Å². The molecule has 0 aromatic carbocycles. The number of carboxylic acid groups (broad SMARTS) is 12. The maximum Gasteiger partial charge on any atom is 3.00 e. The van der Waals surface area contributed by atoms with Crippen molar-refractivity contribution in [2.75, 3.05) is 0 Å². The number of nitrogens with zero attached hydrogens (tertiary/aromatic N) is 6. The number of hydrogen-bond acceptors (Lipinski definition) is 30. The monoisotopic (exact) mass is 1890 g/mol. The summed E-state index contributed by atoms with van der Waals surface area (Å²) in [6.45, 7) is 60.4. The van der Waals surface area contributed by atoms with Crippen LogP contribution in [0.4, 0.5) is 11.6 Å². The van der Waals surface area contributed by atoms with Crippen molar-refractivity contribution in [3.63, 3.8) is 0 Å². The molecule has 6 N–H and O–H groups in total. The zero-order valence-electron chi connectivity index (χ0n) is 73.1. The van der Waals surface area contributed by atoms with Gasteiger partial charge < -0.3 is 141 Å². The molecule has 2 rings (SSSR count). The molecule has 2 heterocycles. The topological polar surface area (TPSA) is 703 Å². The molecular weight excluding hydrogens is 1760 g/mol.